The Balaban J connectivity index is 0. The second-order valence-corrected chi connectivity index (χ2v) is 0. The van der Waals surface area contributed by atoms with Gasteiger partial charge >= 0.3 is 112 Å². The maximum Gasteiger partial charge on any atom is 2.00 e. The molecule has 16 valence electrons. The molecule has 0 aliphatic carbocycles. The Morgan fingerprint density at radius 3 is 0.500 bits per heavy atom. The number of hydrogen-bond donors (Lipinski definition) is 0. The van der Waals surface area contributed by atoms with Crippen LogP contribution >= 0.6 is 0 Å². The van der Waals surface area contributed by atoms with E-state index in [4.69, 9.17) is 0 Å². The smallest absolute Gasteiger partial charge is 1.00 e. The Hall–Kier alpha value is 4.35. The van der Waals surface area contributed by atoms with Gasteiger partial charge in [-0.3, -0.25) is 0 Å². The normalized spacial score (nSPS) is 0. The van der Waals surface area contributed by atoms with E-state index in [1.165, 1.54) is 0 Å². The summed E-state index contributed by atoms with van der Waals surface area (Å²) in [5, 5.41) is 0. The third kappa shape index (κ3) is 23.8. The van der Waals surface area contributed by atoms with E-state index in [0.29, 0.717) is 0 Å². The van der Waals surface area contributed by atoms with Crippen LogP contribution < -0.4 is 113 Å². The molecule has 0 atom stereocenters. The molecule has 0 spiro atoms. The summed E-state index contributed by atoms with van der Waals surface area (Å²) in [5.41, 5.74) is 0. The van der Waals surface area contributed by atoms with Crippen LogP contribution in [0.15, 0.2) is 0 Å². The summed E-state index contributed by atoms with van der Waals surface area (Å²) >= 11 is 0. The average Bonchev–Trinajstić information content (AvgIpc) is 0. The Morgan fingerprint density at radius 2 is 0.500 bits per heavy atom. The van der Waals surface area contributed by atoms with E-state index in [1.54, 1.807) is 0 Å². The van der Waals surface area contributed by atoms with E-state index in [1.807, 2.05) is 0 Å². The Kier molecular flexibility index (Phi) is 275. The van der Waals surface area contributed by atoms with Crippen molar-refractivity contribution in [3.8, 4) is 0 Å². The van der Waals surface area contributed by atoms with Crippen LogP contribution in [0.4, 0.5) is 0 Å². The molecule has 0 heterocycles. The molecular weight excluding hydrogens is 164 g/mol. The number of hydrogen-bond acceptors (Lipinski definition) is 0. The minimum Gasteiger partial charge on any atom is -1.00 e. The van der Waals surface area contributed by atoms with Crippen molar-refractivity contribution in [2.75, 3.05) is 0 Å². The minimum atomic E-state index is 0. The zero-order chi connectivity index (χ0) is 0. The monoisotopic (exact) mass is 163 g/mol. The van der Waals surface area contributed by atoms with Gasteiger partial charge in [0.25, 0.3) is 0 Å². The average molecular weight is 164 g/mol. The van der Waals surface area contributed by atoms with Crippen molar-refractivity contribution in [3.05, 3.63) is 0 Å². The van der Waals surface area contributed by atoms with Crippen molar-refractivity contribution < 1.29 is 113 Å². The van der Waals surface area contributed by atoms with E-state index in [-0.39, 0.29) is 137 Å². The fraction of sp³-hybridized carbons (Fsp3) is 0. The zero-order valence-electron chi connectivity index (χ0n) is 4.46. The van der Waals surface area contributed by atoms with Gasteiger partial charge < -0.3 is 24.8 Å². The van der Waals surface area contributed by atoms with Gasteiger partial charge in [0, 0.05) is 0 Å². The maximum atomic E-state index is 0. The van der Waals surface area contributed by atoms with Gasteiger partial charge in [-0.2, -0.15) is 0 Å². The third-order valence-electron chi connectivity index (χ3n) is 0. The van der Waals surface area contributed by atoms with Crippen molar-refractivity contribution >= 4 is 23.1 Å². The van der Waals surface area contributed by atoms with Crippen LogP contribution in [-0.4, -0.2) is 23.1 Å². The molecule has 6 heavy (non-hydrogen) atoms. The first-order valence-electron chi connectivity index (χ1n) is 0. The summed E-state index contributed by atoms with van der Waals surface area (Å²) in [4.78, 5) is 0. The number of halogens is 2. The predicted octanol–water partition coefficient (Wildman–Crippen LogP) is -15.4. The molecule has 0 aromatic carbocycles. The van der Waals surface area contributed by atoms with Gasteiger partial charge in [0.1, 0.15) is 0 Å². The molecule has 0 bridgehead atoms. The van der Waals surface area contributed by atoms with E-state index in [2.05, 4.69) is 0 Å². The molecule has 0 fully saturated rings. The molecule has 0 saturated heterocycles. The standard InChI is InChI=1S/2ClH.Mg.3Na/h2*1H;;;;/q;;+2;3*+1/p-2. The molecule has 0 amide bonds. The predicted molar refractivity (Wildman–Crippen MR) is 5.75 cm³/mol. The first-order chi connectivity index (χ1) is 0. The van der Waals surface area contributed by atoms with Crippen molar-refractivity contribution in [1.82, 2.24) is 0 Å². The van der Waals surface area contributed by atoms with Gasteiger partial charge in [0.05, 0.1) is 0 Å². The summed E-state index contributed by atoms with van der Waals surface area (Å²) in [6, 6.07) is 0. The van der Waals surface area contributed by atoms with Crippen LogP contribution in [0.25, 0.3) is 0 Å². The quantitative estimate of drug-likeness (QED) is 0.312. The summed E-state index contributed by atoms with van der Waals surface area (Å²) < 4.78 is 0. The fourth-order valence-electron chi connectivity index (χ4n) is 0. The molecule has 0 aromatic heterocycles. The van der Waals surface area contributed by atoms with Crippen molar-refractivity contribution in [2.45, 2.75) is 0 Å². The van der Waals surface area contributed by atoms with Gasteiger partial charge in [-0.05, 0) is 0 Å². The zero-order valence-corrected chi connectivity index (χ0v) is 13.4. The molecule has 0 radical (unpaired) electrons. The van der Waals surface area contributed by atoms with Crippen molar-refractivity contribution in [1.29, 1.82) is 0 Å². The molecule has 0 aliphatic rings. The first kappa shape index (κ1) is 47.8. The van der Waals surface area contributed by atoms with Crippen LogP contribution in [-0.2, 0) is 0 Å². The minimum absolute atomic E-state index is 0. The fourth-order valence-corrected chi connectivity index (χ4v) is 0. The maximum absolute atomic E-state index is 0. The number of rotatable bonds is 0. The summed E-state index contributed by atoms with van der Waals surface area (Å²) in [6.07, 6.45) is 0. The van der Waals surface area contributed by atoms with Crippen LogP contribution in [0.1, 0.15) is 0 Å². The SMILES string of the molecule is [Cl-].[Cl-].[Mg+2].[Na+].[Na+].[Na+]. The molecule has 0 aromatic rings. The summed E-state index contributed by atoms with van der Waals surface area (Å²) in [6.45, 7) is 0. The second kappa shape index (κ2) is 34.5. The van der Waals surface area contributed by atoms with Crippen molar-refractivity contribution in [3.63, 3.8) is 0 Å². The third-order valence-corrected chi connectivity index (χ3v) is 0. The molecule has 0 unspecified atom stereocenters. The van der Waals surface area contributed by atoms with Crippen LogP contribution in [0.2, 0.25) is 0 Å². The van der Waals surface area contributed by atoms with Crippen LogP contribution in [0, 0.1) is 0 Å². The Morgan fingerprint density at radius 1 is 0.500 bits per heavy atom. The van der Waals surface area contributed by atoms with E-state index < -0.39 is 0 Å². The van der Waals surface area contributed by atoms with Gasteiger partial charge in [-0.1, -0.05) is 0 Å². The summed E-state index contributed by atoms with van der Waals surface area (Å²) in [5.74, 6) is 0. The molecule has 0 rings (SSSR count). The van der Waals surface area contributed by atoms with Crippen molar-refractivity contribution in [2.24, 2.45) is 0 Å². The largest absolute Gasteiger partial charge is 2.00 e. The van der Waals surface area contributed by atoms with E-state index in [0.717, 1.165) is 0 Å². The molecule has 0 saturated carbocycles. The first-order valence-corrected chi connectivity index (χ1v) is 0. The van der Waals surface area contributed by atoms with Gasteiger partial charge in [0.2, 0.25) is 0 Å². The Bertz CT molecular complexity index is 8.75. The van der Waals surface area contributed by atoms with Crippen LogP contribution in [0.5, 0.6) is 0 Å². The second-order valence-electron chi connectivity index (χ2n) is 0. The Labute approximate surface area is 133 Å². The summed E-state index contributed by atoms with van der Waals surface area (Å²) in [7, 11) is 0. The van der Waals surface area contributed by atoms with Gasteiger partial charge in [-0.25, -0.2) is 0 Å². The molecule has 0 nitrogen and oxygen atoms in total. The topological polar surface area (TPSA) is 0 Å². The molecule has 6 heteroatoms. The van der Waals surface area contributed by atoms with Crippen LogP contribution in [0.3, 0.4) is 0 Å². The van der Waals surface area contributed by atoms with Gasteiger partial charge in [0.15, 0.2) is 0 Å². The molecule has 0 aliphatic heterocycles. The van der Waals surface area contributed by atoms with E-state index >= 15 is 0 Å². The molecular formula is Cl2MgNa3+3. The van der Waals surface area contributed by atoms with Gasteiger partial charge in [-0.15, -0.1) is 0 Å². The molecule has 0 N–H and O–H groups in total. The van der Waals surface area contributed by atoms with E-state index in [9.17, 15) is 0 Å².